The Hall–Kier alpha value is -4.53. The van der Waals surface area contributed by atoms with Crippen molar-refractivity contribution >= 4 is 34.4 Å². The predicted octanol–water partition coefficient (Wildman–Crippen LogP) is 3.95. The molecule has 2 amide bonds. The number of hydrogen-bond donors (Lipinski definition) is 1. The third-order valence-corrected chi connectivity index (χ3v) is 7.93. The molecule has 9 nitrogen and oxygen atoms in total. The maximum Gasteiger partial charge on any atom is 0.258 e. The molecule has 0 radical (unpaired) electrons. The SMILES string of the molecule is C=CC(=O)N1CC2CC(n3nc(-c4ccc(C(=O)N(C)c5ccccc5)cc4)c4c(N)ncnc43)CC2C1. The lowest BCUT2D eigenvalue weighted by molar-refractivity contribution is -0.125. The third kappa shape index (κ3) is 4.00. The first-order valence-corrected chi connectivity index (χ1v) is 12.8. The van der Waals surface area contributed by atoms with Crippen molar-refractivity contribution in [1.82, 2.24) is 24.6 Å². The Balaban J connectivity index is 1.29. The molecule has 38 heavy (non-hydrogen) atoms. The lowest BCUT2D eigenvalue weighted by Crippen LogP contribution is -2.28. The minimum atomic E-state index is -0.0949. The van der Waals surface area contributed by atoms with Gasteiger partial charge in [0.2, 0.25) is 5.91 Å². The van der Waals surface area contributed by atoms with Gasteiger partial charge in [-0.05, 0) is 55.0 Å². The second-order valence-electron chi connectivity index (χ2n) is 10.1. The molecule has 1 saturated carbocycles. The summed E-state index contributed by atoms with van der Waals surface area (Å²) in [6.45, 7) is 5.12. The Kier molecular flexibility index (Phi) is 5.90. The summed E-state index contributed by atoms with van der Waals surface area (Å²) < 4.78 is 1.99. The van der Waals surface area contributed by atoms with Crippen LogP contribution in [0.25, 0.3) is 22.3 Å². The fraction of sp³-hybridized carbons (Fsp3) is 0.276. The number of aromatic nitrogens is 4. The van der Waals surface area contributed by atoms with Gasteiger partial charge in [0.05, 0.1) is 11.4 Å². The lowest BCUT2D eigenvalue weighted by Gasteiger charge is -2.18. The first-order chi connectivity index (χ1) is 18.4. The number of carbonyl (C=O) groups is 2. The molecule has 9 heteroatoms. The summed E-state index contributed by atoms with van der Waals surface area (Å²) in [5.74, 6) is 1.14. The Labute approximate surface area is 220 Å². The van der Waals surface area contributed by atoms with Crippen LogP contribution >= 0.6 is 0 Å². The van der Waals surface area contributed by atoms with E-state index < -0.39 is 0 Å². The van der Waals surface area contributed by atoms with E-state index in [1.165, 1.54) is 12.4 Å². The van der Waals surface area contributed by atoms with Crippen LogP contribution in [-0.2, 0) is 4.79 Å². The van der Waals surface area contributed by atoms with E-state index in [4.69, 9.17) is 10.8 Å². The summed E-state index contributed by atoms with van der Waals surface area (Å²) in [5, 5.41) is 5.72. The second kappa shape index (κ2) is 9.41. The molecule has 1 aliphatic carbocycles. The first-order valence-electron chi connectivity index (χ1n) is 12.8. The zero-order chi connectivity index (χ0) is 26.4. The second-order valence-corrected chi connectivity index (χ2v) is 10.1. The van der Waals surface area contributed by atoms with Gasteiger partial charge in [-0.15, -0.1) is 0 Å². The molecule has 0 bridgehead atoms. The predicted molar refractivity (Wildman–Crippen MR) is 146 cm³/mol. The fourth-order valence-electron chi connectivity index (χ4n) is 5.96. The van der Waals surface area contributed by atoms with Crippen LogP contribution in [0, 0.1) is 11.8 Å². The van der Waals surface area contributed by atoms with Gasteiger partial charge in [0.15, 0.2) is 5.65 Å². The average molecular weight is 508 g/mol. The number of nitrogens with zero attached hydrogens (tertiary/aromatic N) is 6. The van der Waals surface area contributed by atoms with Crippen LogP contribution in [0.1, 0.15) is 29.2 Å². The molecule has 1 saturated heterocycles. The van der Waals surface area contributed by atoms with E-state index in [0.717, 1.165) is 37.2 Å². The lowest BCUT2D eigenvalue weighted by atomic mass is 10.0. The highest BCUT2D eigenvalue weighted by Crippen LogP contribution is 2.45. The zero-order valence-corrected chi connectivity index (χ0v) is 21.2. The van der Waals surface area contributed by atoms with Gasteiger partial charge in [-0.2, -0.15) is 5.10 Å². The van der Waals surface area contributed by atoms with Gasteiger partial charge in [-0.3, -0.25) is 9.59 Å². The van der Waals surface area contributed by atoms with E-state index in [2.05, 4.69) is 16.5 Å². The largest absolute Gasteiger partial charge is 0.383 e. The molecule has 2 unspecified atom stereocenters. The molecule has 2 atom stereocenters. The van der Waals surface area contributed by atoms with Gasteiger partial charge in [0.25, 0.3) is 5.91 Å². The fourth-order valence-corrected chi connectivity index (χ4v) is 5.96. The van der Waals surface area contributed by atoms with Gasteiger partial charge < -0.3 is 15.5 Å². The van der Waals surface area contributed by atoms with Crippen molar-refractivity contribution in [3.05, 3.63) is 79.1 Å². The van der Waals surface area contributed by atoms with Crippen LogP contribution in [0.4, 0.5) is 11.5 Å². The minimum Gasteiger partial charge on any atom is -0.383 e. The molecule has 2 aliphatic rings. The van der Waals surface area contributed by atoms with Gasteiger partial charge in [0.1, 0.15) is 17.8 Å². The summed E-state index contributed by atoms with van der Waals surface area (Å²) in [4.78, 5) is 37.4. The number of likely N-dealkylation sites (tertiary alicyclic amines) is 1. The monoisotopic (exact) mass is 507 g/mol. The smallest absolute Gasteiger partial charge is 0.258 e. The number of benzene rings is 2. The molecule has 1 aliphatic heterocycles. The van der Waals surface area contributed by atoms with E-state index in [0.29, 0.717) is 39.9 Å². The van der Waals surface area contributed by atoms with Crippen LogP contribution in [0.3, 0.4) is 0 Å². The van der Waals surface area contributed by atoms with Gasteiger partial charge >= 0.3 is 0 Å². The summed E-state index contributed by atoms with van der Waals surface area (Å²) in [5.41, 5.74) is 9.99. The zero-order valence-electron chi connectivity index (χ0n) is 21.2. The number of fused-ring (bicyclic) bond motifs is 2. The molecule has 2 aromatic heterocycles. The molecule has 6 rings (SSSR count). The van der Waals surface area contributed by atoms with Crippen molar-refractivity contribution in [1.29, 1.82) is 0 Å². The number of anilines is 2. The third-order valence-electron chi connectivity index (χ3n) is 7.93. The highest BCUT2D eigenvalue weighted by atomic mass is 16.2. The summed E-state index contributed by atoms with van der Waals surface area (Å²) in [6, 6.07) is 17.1. The minimum absolute atomic E-state index is 0.000167. The van der Waals surface area contributed by atoms with Crippen molar-refractivity contribution in [2.75, 3.05) is 30.8 Å². The topological polar surface area (TPSA) is 110 Å². The molecular formula is C29H29N7O2. The summed E-state index contributed by atoms with van der Waals surface area (Å²) in [6.07, 6.45) is 4.71. The number of carbonyl (C=O) groups excluding carboxylic acids is 2. The molecule has 2 aromatic carbocycles. The van der Waals surface area contributed by atoms with Gasteiger partial charge in [0, 0.05) is 37.0 Å². The molecule has 2 fully saturated rings. The van der Waals surface area contributed by atoms with Crippen molar-refractivity contribution in [2.45, 2.75) is 18.9 Å². The maximum atomic E-state index is 13.1. The molecule has 3 heterocycles. The van der Waals surface area contributed by atoms with Crippen LogP contribution in [0.15, 0.2) is 73.6 Å². The van der Waals surface area contributed by atoms with E-state index in [9.17, 15) is 9.59 Å². The first kappa shape index (κ1) is 23.8. The highest BCUT2D eigenvalue weighted by molar-refractivity contribution is 6.06. The van der Waals surface area contributed by atoms with E-state index in [-0.39, 0.29) is 17.9 Å². The van der Waals surface area contributed by atoms with Crippen LogP contribution in [0.5, 0.6) is 0 Å². The van der Waals surface area contributed by atoms with Crippen molar-refractivity contribution in [3.8, 4) is 11.3 Å². The normalized spacial score (nSPS) is 20.4. The highest BCUT2D eigenvalue weighted by Gasteiger charge is 2.43. The Morgan fingerprint density at radius 3 is 2.37 bits per heavy atom. The Morgan fingerprint density at radius 1 is 1.03 bits per heavy atom. The van der Waals surface area contributed by atoms with E-state index in [1.54, 1.807) is 11.9 Å². The standard InChI is InChI=1S/C29H29N7O2/c1-3-24(37)35-15-20-13-23(14-21(20)16-35)36-28-25(27(30)31-17-32-28)26(33-36)18-9-11-19(12-10-18)29(38)34(2)22-7-5-4-6-8-22/h3-12,17,20-21,23H,1,13-16H2,2H3,(H2,30,31,32). The Bertz CT molecular complexity index is 1520. The van der Waals surface area contributed by atoms with Gasteiger partial charge in [-0.25, -0.2) is 14.6 Å². The van der Waals surface area contributed by atoms with Gasteiger partial charge in [-0.1, -0.05) is 36.9 Å². The van der Waals surface area contributed by atoms with Crippen molar-refractivity contribution < 1.29 is 9.59 Å². The molecule has 4 aromatic rings. The quantitative estimate of drug-likeness (QED) is 0.410. The molecule has 2 N–H and O–H groups in total. The van der Waals surface area contributed by atoms with Crippen molar-refractivity contribution in [3.63, 3.8) is 0 Å². The van der Waals surface area contributed by atoms with E-state index in [1.807, 2.05) is 64.2 Å². The number of rotatable bonds is 5. The van der Waals surface area contributed by atoms with Crippen LogP contribution in [-0.4, -0.2) is 56.6 Å². The summed E-state index contributed by atoms with van der Waals surface area (Å²) in [7, 11) is 1.77. The number of para-hydroxylation sites is 1. The number of nitrogen functional groups attached to an aromatic ring is 1. The van der Waals surface area contributed by atoms with E-state index >= 15 is 0 Å². The van der Waals surface area contributed by atoms with Crippen LogP contribution in [0.2, 0.25) is 0 Å². The number of hydrogen-bond acceptors (Lipinski definition) is 6. The van der Waals surface area contributed by atoms with Crippen molar-refractivity contribution in [2.24, 2.45) is 11.8 Å². The summed E-state index contributed by atoms with van der Waals surface area (Å²) >= 11 is 0. The Morgan fingerprint density at radius 2 is 1.71 bits per heavy atom. The maximum absolute atomic E-state index is 13.1. The molecule has 0 spiro atoms. The number of amides is 2. The number of nitrogens with two attached hydrogens (primary N) is 1. The van der Waals surface area contributed by atoms with Crippen LogP contribution < -0.4 is 10.6 Å². The average Bonchev–Trinajstić information content (AvgIpc) is 3.65. The molecular weight excluding hydrogens is 478 g/mol. The molecule has 192 valence electrons.